The summed E-state index contributed by atoms with van der Waals surface area (Å²) in [6.07, 6.45) is 8.85. The van der Waals surface area contributed by atoms with Crippen LogP contribution in [-0.4, -0.2) is 43.6 Å². The van der Waals surface area contributed by atoms with Crippen molar-refractivity contribution in [1.82, 2.24) is 30.2 Å². The van der Waals surface area contributed by atoms with E-state index in [-0.39, 0.29) is 5.70 Å². The van der Waals surface area contributed by atoms with Crippen LogP contribution in [0.15, 0.2) is 11.9 Å². The average Bonchev–Trinajstić information content (AvgIpc) is 3.20. The van der Waals surface area contributed by atoms with Crippen LogP contribution in [0.1, 0.15) is 37.7 Å². The van der Waals surface area contributed by atoms with E-state index < -0.39 is 11.9 Å². The molecule has 1 saturated heterocycles. The number of carbonyl (C=O) groups excluding carboxylic acids is 2. The summed E-state index contributed by atoms with van der Waals surface area (Å²) in [6.45, 7) is 0. The third kappa shape index (κ3) is 2.72. The molecule has 10 nitrogen and oxygen atoms in total. The Morgan fingerprint density at radius 2 is 1.88 bits per heavy atom. The molecule has 0 atom stereocenters. The third-order valence-corrected chi connectivity index (χ3v) is 4.76. The highest BCUT2D eigenvalue weighted by Crippen LogP contribution is 2.27. The summed E-state index contributed by atoms with van der Waals surface area (Å²) in [4.78, 5) is 32.2. The summed E-state index contributed by atoms with van der Waals surface area (Å²) < 4.78 is 1.63. The van der Waals surface area contributed by atoms with Gasteiger partial charge in [0.2, 0.25) is 11.9 Å². The van der Waals surface area contributed by atoms with Gasteiger partial charge in [-0.3, -0.25) is 10.1 Å². The molecule has 134 valence electrons. The fourth-order valence-electron chi connectivity index (χ4n) is 2.94. The van der Waals surface area contributed by atoms with Gasteiger partial charge in [-0.25, -0.2) is 4.79 Å². The Bertz CT molecular complexity index is 941. The Hall–Kier alpha value is -3.17. The maximum atomic E-state index is 11.8. The van der Waals surface area contributed by atoms with Crippen LogP contribution in [0.3, 0.4) is 0 Å². The molecule has 0 radical (unpaired) electrons. The minimum Gasteiger partial charge on any atom is -0.351 e. The highest BCUT2D eigenvalue weighted by Gasteiger charge is 2.26. The first-order chi connectivity index (χ1) is 12.7. The second-order valence-electron chi connectivity index (χ2n) is 6.86. The minimum atomic E-state index is -0.532. The van der Waals surface area contributed by atoms with Crippen molar-refractivity contribution in [3.8, 4) is 0 Å². The lowest BCUT2D eigenvalue weighted by atomic mass is 9.93. The summed E-state index contributed by atoms with van der Waals surface area (Å²) in [5.74, 6) is 0.710. The van der Waals surface area contributed by atoms with Gasteiger partial charge in [0, 0.05) is 17.6 Å². The van der Waals surface area contributed by atoms with Gasteiger partial charge >= 0.3 is 6.03 Å². The van der Waals surface area contributed by atoms with Crippen molar-refractivity contribution in [3.63, 3.8) is 0 Å². The summed E-state index contributed by atoms with van der Waals surface area (Å²) in [7, 11) is 0. The van der Waals surface area contributed by atoms with Crippen LogP contribution in [0.25, 0.3) is 11.7 Å². The van der Waals surface area contributed by atoms with Crippen molar-refractivity contribution in [2.75, 3.05) is 10.6 Å². The molecule has 0 aromatic carbocycles. The number of nitrogens with one attached hydrogen (secondary N) is 4. The van der Waals surface area contributed by atoms with Crippen molar-refractivity contribution in [3.05, 3.63) is 17.5 Å². The molecule has 2 saturated carbocycles. The van der Waals surface area contributed by atoms with Crippen LogP contribution in [0.5, 0.6) is 0 Å². The van der Waals surface area contributed by atoms with Crippen molar-refractivity contribution < 1.29 is 9.59 Å². The van der Waals surface area contributed by atoms with E-state index in [9.17, 15) is 9.59 Å². The standard InChI is InChI=1S/C16H18N8O2/c25-13-11(20-16(26)22-13)6-8-7-17-24-12(8)21-14(18-9-2-1-3-9)23-15(24)19-10-4-5-10/h6-7,9-10H,1-5H2,(H2,18,19,21,23)(H2,20,22,25,26)/b11-6-. The van der Waals surface area contributed by atoms with E-state index in [1.165, 1.54) is 6.42 Å². The molecule has 2 aromatic rings. The predicted octanol–water partition coefficient (Wildman–Crippen LogP) is 0.843. The minimum absolute atomic E-state index is 0.175. The van der Waals surface area contributed by atoms with Gasteiger partial charge in [-0.15, -0.1) is 0 Å². The van der Waals surface area contributed by atoms with Crippen LogP contribution in [-0.2, 0) is 4.79 Å². The monoisotopic (exact) mass is 354 g/mol. The fourth-order valence-corrected chi connectivity index (χ4v) is 2.94. The first-order valence-corrected chi connectivity index (χ1v) is 8.78. The molecule has 4 N–H and O–H groups in total. The molecule has 3 amide bonds. The van der Waals surface area contributed by atoms with E-state index in [4.69, 9.17) is 0 Å². The Kier molecular flexibility index (Phi) is 3.30. The molecule has 0 unspecified atom stereocenters. The van der Waals surface area contributed by atoms with Crippen LogP contribution >= 0.6 is 0 Å². The van der Waals surface area contributed by atoms with E-state index in [0.717, 1.165) is 25.7 Å². The summed E-state index contributed by atoms with van der Waals surface area (Å²) in [6, 6.07) is 0.280. The van der Waals surface area contributed by atoms with Gasteiger partial charge in [-0.1, -0.05) is 0 Å². The first-order valence-electron chi connectivity index (χ1n) is 8.78. The molecular formula is C16H18N8O2. The highest BCUT2D eigenvalue weighted by molar-refractivity contribution is 6.14. The number of rotatable bonds is 5. The van der Waals surface area contributed by atoms with Crippen LogP contribution in [0, 0.1) is 0 Å². The van der Waals surface area contributed by atoms with E-state index >= 15 is 0 Å². The van der Waals surface area contributed by atoms with Crippen molar-refractivity contribution >= 4 is 35.6 Å². The Labute approximate surface area is 148 Å². The largest absolute Gasteiger partial charge is 0.351 e. The van der Waals surface area contributed by atoms with E-state index in [2.05, 4.69) is 36.3 Å². The zero-order valence-corrected chi connectivity index (χ0v) is 14.0. The summed E-state index contributed by atoms with van der Waals surface area (Å²) >= 11 is 0. The fraction of sp³-hybridized carbons (Fsp3) is 0.438. The highest BCUT2D eigenvalue weighted by atomic mass is 16.2. The van der Waals surface area contributed by atoms with Gasteiger partial charge in [0.15, 0.2) is 5.65 Å². The maximum absolute atomic E-state index is 11.8. The van der Waals surface area contributed by atoms with E-state index in [1.807, 2.05) is 0 Å². The van der Waals surface area contributed by atoms with Crippen LogP contribution in [0.2, 0.25) is 0 Å². The number of urea groups is 1. The predicted molar refractivity (Wildman–Crippen MR) is 93.3 cm³/mol. The smallest absolute Gasteiger partial charge is 0.326 e. The van der Waals surface area contributed by atoms with Gasteiger partial charge in [0.1, 0.15) is 5.70 Å². The maximum Gasteiger partial charge on any atom is 0.326 e. The quantitative estimate of drug-likeness (QED) is 0.463. The molecule has 3 aliphatic rings. The molecule has 26 heavy (non-hydrogen) atoms. The lowest BCUT2D eigenvalue weighted by Crippen LogP contribution is -2.28. The van der Waals surface area contributed by atoms with Crippen molar-refractivity contribution in [2.45, 2.75) is 44.2 Å². The second-order valence-corrected chi connectivity index (χ2v) is 6.86. The number of fused-ring (bicyclic) bond motifs is 1. The molecule has 5 rings (SSSR count). The molecular weight excluding hydrogens is 336 g/mol. The normalized spacial score (nSPS) is 21.6. The Balaban J connectivity index is 1.55. The average molecular weight is 354 g/mol. The van der Waals surface area contributed by atoms with Gasteiger partial charge in [0.25, 0.3) is 5.91 Å². The third-order valence-electron chi connectivity index (χ3n) is 4.76. The molecule has 2 aromatic heterocycles. The molecule has 10 heteroatoms. The van der Waals surface area contributed by atoms with Gasteiger partial charge in [0.05, 0.1) is 6.20 Å². The number of nitrogens with zero attached hydrogens (tertiary/aromatic N) is 4. The lowest BCUT2D eigenvalue weighted by Gasteiger charge is -2.26. The summed E-state index contributed by atoms with van der Waals surface area (Å²) in [5, 5.41) is 15.7. The van der Waals surface area contributed by atoms with Crippen molar-refractivity contribution in [1.29, 1.82) is 0 Å². The van der Waals surface area contributed by atoms with Gasteiger partial charge < -0.3 is 16.0 Å². The number of carbonyl (C=O) groups is 2. The van der Waals surface area contributed by atoms with E-state index in [0.29, 0.717) is 35.2 Å². The first kappa shape index (κ1) is 15.1. The number of amides is 3. The number of imide groups is 1. The van der Waals surface area contributed by atoms with Crippen LogP contribution in [0.4, 0.5) is 16.7 Å². The lowest BCUT2D eigenvalue weighted by molar-refractivity contribution is -0.115. The number of hydrogen-bond acceptors (Lipinski definition) is 7. The molecule has 0 spiro atoms. The van der Waals surface area contributed by atoms with Gasteiger partial charge in [-0.05, 0) is 38.2 Å². The molecule has 3 heterocycles. The SMILES string of the molecule is O=C1NC(=O)/C(=C/c2cnn3c(NC4CC4)nc(NC4CCC4)nc23)N1. The van der Waals surface area contributed by atoms with E-state index in [1.54, 1.807) is 16.8 Å². The molecule has 0 bridgehead atoms. The van der Waals surface area contributed by atoms with Crippen molar-refractivity contribution in [2.24, 2.45) is 0 Å². The molecule has 1 aliphatic heterocycles. The van der Waals surface area contributed by atoms with Gasteiger partial charge in [-0.2, -0.15) is 19.6 Å². The summed E-state index contributed by atoms with van der Waals surface area (Å²) in [5.41, 5.74) is 1.38. The molecule has 3 fully saturated rings. The Morgan fingerprint density at radius 3 is 2.54 bits per heavy atom. The number of aromatic nitrogens is 4. The molecule has 2 aliphatic carbocycles. The topological polar surface area (TPSA) is 125 Å². The second kappa shape index (κ2) is 5.68. The number of hydrogen-bond donors (Lipinski definition) is 4. The van der Waals surface area contributed by atoms with Crippen LogP contribution < -0.4 is 21.3 Å². The zero-order valence-electron chi connectivity index (χ0n) is 14.0. The zero-order chi connectivity index (χ0) is 17.7. The Morgan fingerprint density at radius 1 is 1.08 bits per heavy atom. The number of anilines is 2.